The molecule has 0 saturated heterocycles. The molecule has 0 unspecified atom stereocenters. The van der Waals surface area contributed by atoms with Gasteiger partial charge < -0.3 is 9.47 Å². The topological polar surface area (TPSA) is 21.7 Å². The zero-order valence-corrected chi connectivity index (χ0v) is 11.5. The lowest BCUT2D eigenvalue weighted by Crippen LogP contribution is -2.22. The Balaban J connectivity index is 2.33. The lowest BCUT2D eigenvalue weighted by molar-refractivity contribution is 0.295. The lowest BCUT2D eigenvalue weighted by atomic mass is 10.0. The molecule has 0 radical (unpaired) electrons. The number of ether oxygens (including phenoxy) is 2. The summed E-state index contributed by atoms with van der Waals surface area (Å²) in [6.45, 7) is 11.3. The van der Waals surface area contributed by atoms with Gasteiger partial charge in [0.25, 0.3) is 0 Å². The van der Waals surface area contributed by atoms with E-state index in [1.807, 2.05) is 6.07 Å². The number of methoxy groups -OCH3 is 1. The van der Waals surface area contributed by atoms with Crippen molar-refractivity contribution in [2.45, 2.75) is 26.8 Å². The summed E-state index contributed by atoms with van der Waals surface area (Å²) in [5, 5.41) is 0. The van der Waals surface area contributed by atoms with Gasteiger partial charge in [-0.2, -0.15) is 0 Å². The Morgan fingerprint density at radius 2 is 2.06 bits per heavy atom. The maximum absolute atomic E-state index is 5.68. The van der Waals surface area contributed by atoms with Crippen molar-refractivity contribution in [2.24, 2.45) is 0 Å². The van der Waals surface area contributed by atoms with Crippen molar-refractivity contribution in [2.75, 3.05) is 20.2 Å². The molecule has 0 aliphatic carbocycles. The Labute approximate surface area is 109 Å². The van der Waals surface area contributed by atoms with Crippen LogP contribution in [0, 0.1) is 0 Å². The number of hydrogen-bond acceptors (Lipinski definition) is 3. The zero-order chi connectivity index (χ0) is 13.1. The van der Waals surface area contributed by atoms with Gasteiger partial charge in [0.15, 0.2) is 11.5 Å². The molecule has 98 valence electrons. The normalized spacial score (nSPS) is 13.7. The fourth-order valence-electron chi connectivity index (χ4n) is 2.33. The predicted molar refractivity (Wildman–Crippen MR) is 73.1 cm³/mol. The minimum Gasteiger partial charge on any atom is -0.493 e. The molecule has 1 aromatic carbocycles. The van der Waals surface area contributed by atoms with Crippen molar-refractivity contribution >= 4 is 0 Å². The summed E-state index contributed by atoms with van der Waals surface area (Å²) in [5.74, 6) is 2.45. The molecule has 1 aliphatic heterocycles. The van der Waals surface area contributed by atoms with Gasteiger partial charge in [-0.1, -0.05) is 26.5 Å². The SMILES string of the molecule is C=C1Cc2c(CN(CC)CC)ccc(OC)c2O1. The van der Waals surface area contributed by atoms with Crippen molar-refractivity contribution in [3.05, 3.63) is 35.6 Å². The van der Waals surface area contributed by atoms with Gasteiger partial charge in [0.05, 0.1) is 7.11 Å². The molecule has 0 atom stereocenters. The number of allylic oxidation sites excluding steroid dienone is 1. The third kappa shape index (κ3) is 2.36. The van der Waals surface area contributed by atoms with Crippen LogP contribution >= 0.6 is 0 Å². The Morgan fingerprint density at radius 1 is 1.33 bits per heavy atom. The zero-order valence-electron chi connectivity index (χ0n) is 11.5. The summed E-state index contributed by atoms with van der Waals surface area (Å²) >= 11 is 0. The van der Waals surface area contributed by atoms with Gasteiger partial charge in [-0.15, -0.1) is 0 Å². The average Bonchev–Trinajstić information content (AvgIpc) is 2.77. The van der Waals surface area contributed by atoms with E-state index in [0.29, 0.717) is 0 Å². The van der Waals surface area contributed by atoms with Crippen molar-refractivity contribution in [3.8, 4) is 11.5 Å². The monoisotopic (exact) mass is 247 g/mol. The van der Waals surface area contributed by atoms with E-state index in [9.17, 15) is 0 Å². The van der Waals surface area contributed by atoms with E-state index in [1.54, 1.807) is 7.11 Å². The van der Waals surface area contributed by atoms with Crippen molar-refractivity contribution in [1.82, 2.24) is 4.90 Å². The fourth-order valence-corrected chi connectivity index (χ4v) is 2.33. The van der Waals surface area contributed by atoms with Crippen molar-refractivity contribution in [3.63, 3.8) is 0 Å². The molecule has 1 heterocycles. The predicted octanol–water partition coefficient (Wildman–Crippen LogP) is 2.99. The van der Waals surface area contributed by atoms with Crippen LogP contribution in [-0.2, 0) is 13.0 Å². The van der Waals surface area contributed by atoms with Crippen LogP contribution < -0.4 is 9.47 Å². The summed E-state index contributed by atoms with van der Waals surface area (Å²) < 4.78 is 11.0. The molecule has 3 nitrogen and oxygen atoms in total. The second-order valence-corrected chi connectivity index (χ2v) is 4.51. The first-order valence-corrected chi connectivity index (χ1v) is 6.46. The Morgan fingerprint density at radius 3 is 2.67 bits per heavy atom. The van der Waals surface area contributed by atoms with E-state index in [0.717, 1.165) is 43.3 Å². The average molecular weight is 247 g/mol. The van der Waals surface area contributed by atoms with Gasteiger partial charge in [0.1, 0.15) is 5.76 Å². The molecule has 3 heteroatoms. The molecule has 0 amide bonds. The summed E-state index contributed by atoms with van der Waals surface area (Å²) in [7, 11) is 1.67. The maximum Gasteiger partial charge on any atom is 0.172 e. The molecule has 1 aliphatic rings. The second-order valence-electron chi connectivity index (χ2n) is 4.51. The van der Waals surface area contributed by atoms with Crippen molar-refractivity contribution in [1.29, 1.82) is 0 Å². The van der Waals surface area contributed by atoms with Crippen LogP contribution in [0.4, 0.5) is 0 Å². The van der Waals surface area contributed by atoms with Gasteiger partial charge in [-0.05, 0) is 24.7 Å². The quantitative estimate of drug-likeness (QED) is 0.798. The highest BCUT2D eigenvalue weighted by atomic mass is 16.5. The van der Waals surface area contributed by atoms with E-state index >= 15 is 0 Å². The lowest BCUT2D eigenvalue weighted by Gasteiger charge is -2.20. The minimum atomic E-state index is 0.795. The molecular weight excluding hydrogens is 226 g/mol. The highest BCUT2D eigenvalue weighted by molar-refractivity contribution is 5.55. The van der Waals surface area contributed by atoms with Gasteiger partial charge in [0.2, 0.25) is 0 Å². The number of hydrogen-bond donors (Lipinski definition) is 0. The molecule has 2 rings (SSSR count). The number of benzene rings is 1. The van der Waals surface area contributed by atoms with Crippen LogP contribution in [0.25, 0.3) is 0 Å². The van der Waals surface area contributed by atoms with E-state index in [1.165, 1.54) is 11.1 Å². The summed E-state index contributed by atoms with van der Waals surface area (Å²) in [5.41, 5.74) is 2.54. The molecule has 0 spiro atoms. The summed E-state index contributed by atoms with van der Waals surface area (Å²) in [6.07, 6.45) is 0.795. The largest absolute Gasteiger partial charge is 0.493 e. The van der Waals surface area contributed by atoms with Crippen LogP contribution in [0.1, 0.15) is 25.0 Å². The van der Waals surface area contributed by atoms with E-state index in [4.69, 9.17) is 9.47 Å². The molecule has 0 fully saturated rings. The number of nitrogens with zero attached hydrogens (tertiary/aromatic N) is 1. The second kappa shape index (κ2) is 5.44. The van der Waals surface area contributed by atoms with Crippen LogP contribution in [-0.4, -0.2) is 25.1 Å². The highest BCUT2D eigenvalue weighted by Gasteiger charge is 2.24. The molecule has 18 heavy (non-hydrogen) atoms. The first kappa shape index (κ1) is 13.0. The molecule has 0 saturated carbocycles. The molecule has 1 aromatic rings. The van der Waals surface area contributed by atoms with Crippen molar-refractivity contribution < 1.29 is 9.47 Å². The molecule has 0 aromatic heterocycles. The summed E-state index contributed by atoms with van der Waals surface area (Å²) in [6, 6.07) is 4.12. The smallest absolute Gasteiger partial charge is 0.172 e. The third-order valence-electron chi connectivity index (χ3n) is 3.45. The highest BCUT2D eigenvalue weighted by Crippen LogP contribution is 2.41. The van der Waals surface area contributed by atoms with Crippen LogP contribution in [0.3, 0.4) is 0 Å². The van der Waals surface area contributed by atoms with Gasteiger partial charge in [-0.3, -0.25) is 4.90 Å². The van der Waals surface area contributed by atoms with Crippen LogP contribution in [0.15, 0.2) is 24.5 Å². The fraction of sp³-hybridized carbons (Fsp3) is 0.467. The Hall–Kier alpha value is -1.48. The van der Waals surface area contributed by atoms with Gasteiger partial charge >= 0.3 is 0 Å². The van der Waals surface area contributed by atoms with Crippen LogP contribution in [0.2, 0.25) is 0 Å². The number of fused-ring (bicyclic) bond motifs is 1. The van der Waals surface area contributed by atoms with Crippen LogP contribution in [0.5, 0.6) is 11.5 Å². The summed E-state index contributed by atoms with van der Waals surface area (Å²) in [4.78, 5) is 2.39. The number of rotatable bonds is 5. The first-order chi connectivity index (χ1) is 8.69. The maximum atomic E-state index is 5.68. The third-order valence-corrected chi connectivity index (χ3v) is 3.45. The van der Waals surface area contributed by atoms with E-state index in [-0.39, 0.29) is 0 Å². The molecule has 0 N–H and O–H groups in total. The van der Waals surface area contributed by atoms with Gasteiger partial charge in [0, 0.05) is 18.5 Å². The Bertz CT molecular complexity index is 450. The standard InChI is InChI=1S/C15H21NO2/c1-5-16(6-2)10-12-7-8-14(17-4)15-13(12)9-11(3)18-15/h7-8H,3,5-6,9-10H2,1-2,4H3. The van der Waals surface area contributed by atoms with E-state index in [2.05, 4.69) is 31.4 Å². The molecule has 0 bridgehead atoms. The van der Waals surface area contributed by atoms with E-state index < -0.39 is 0 Å². The van der Waals surface area contributed by atoms with Gasteiger partial charge in [-0.25, -0.2) is 0 Å². The Kier molecular flexibility index (Phi) is 3.92. The first-order valence-electron chi connectivity index (χ1n) is 6.46. The minimum absolute atomic E-state index is 0.795. The molecular formula is C15H21NO2.